The van der Waals surface area contributed by atoms with Gasteiger partial charge >= 0.3 is 0 Å². The summed E-state index contributed by atoms with van der Waals surface area (Å²) in [6.07, 6.45) is 5.35. The normalized spacial score (nSPS) is 11.5. The van der Waals surface area contributed by atoms with E-state index in [0.29, 0.717) is 0 Å². The molecule has 0 aliphatic heterocycles. The molecule has 0 aliphatic carbocycles. The fourth-order valence-corrected chi connectivity index (χ4v) is 2.08. The summed E-state index contributed by atoms with van der Waals surface area (Å²) in [5.74, 6) is 0.0458. The van der Waals surface area contributed by atoms with Crippen LogP contribution in [-0.2, 0) is 4.79 Å². The highest BCUT2D eigenvalue weighted by Crippen LogP contribution is 2.13. The van der Waals surface area contributed by atoms with Gasteiger partial charge in [-0.2, -0.15) is 0 Å². The average molecular weight is 237 g/mol. The van der Waals surface area contributed by atoms with Gasteiger partial charge in [-0.1, -0.05) is 25.8 Å². The van der Waals surface area contributed by atoms with Gasteiger partial charge < -0.3 is 5.32 Å². The minimum absolute atomic E-state index is 0.0458. The molecule has 0 aliphatic rings. The summed E-state index contributed by atoms with van der Waals surface area (Å²) in [5, 5.41) is 4.94. The first-order chi connectivity index (χ1) is 7.74. The summed E-state index contributed by atoms with van der Waals surface area (Å²) in [6.45, 7) is 4.79. The van der Waals surface area contributed by atoms with Crippen LogP contribution in [0.25, 0.3) is 6.08 Å². The van der Waals surface area contributed by atoms with Crippen molar-refractivity contribution in [3.05, 3.63) is 28.0 Å². The number of hydrogen-bond donors (Lipinski definition) is 1. The third-order valence-electron chi connectivity index (χ3n) is 2.33. The van der Waals surface area contributed by atoms with E-state index < -0.39 is 0 Å². The molecule has 0 bridgehead atoms. The zero-order valence-electron chi connectivity index (χ0n) is 9.95. The smallest absolute Gasteiger partial charge is 0.246 e. The Kier molecular flexibility index (Phi) is 5.86. The van der Waals surface area contributed by atoms with Crippen molar-refractivity contribution in [3.8, 4) is 0 Å². The lowest BCUT2D eigenvalue weighted by molar-refractivity contribution is -0.117. The van der Waals surface area contributed by atoms with Crippen LogP contribution in [0.15, 0.2) is 23.1 Å². The predicted octanol–water partition coefficient (Wildman–Crippen LogP) is 3.46. The third kappa shape index (κ3) is 4.62. The molecule has 0 unspecified atom stereocenters. The zero-order valence-corrected chi connectivity index (χ0v) is 10.8. The predicted molar refractivity (Wildman–Crippen MR) is 70.5 cm³/mol. The van der Waals surface area contributed by atoms with Gasteiger partial charge in [0.15, 0.2) is 0 Å². The summed E-state index contributed by atoms with van der Waals surface area (Å²) in [7, 11) is 0. The summed E-state index contributed by atoms with van der Waals surface area (Å²) in [6, 6.07) is 4.00. The van der Waals surface area contributed by atoms with Gasteiger partial charge in [-0.15, -0.1) is 11.3 Å². The summed E-state index contributed by atoms with van der Waals surface area (Å²) < 4.78 is 0. The number of rotatable bonds is 6. The van der Waals surface area contributed by atoms with Crippen LogP contribution >= 0.6 is 11.3 Å². The van der Waals surface area contributed by atoms with Crippen molar-refractivity contribution in [2.24, 2.45) is 0 Å². The maximum Gasteiger partial charge on any atom is 0.246 e. The van der Waals surface area contributed by atoms with Gasteiger partial charge in [0.2, 0.25) is 5.91 Å². The number of amides is 1. The number of hydrogen-bond acceptors (Lipinski definition) is 2. The lowest BCUT2D eigenvalue weighted by Gasteiger charge is -2.04. The van der Waals surface area contributed by atoms with Gasteiger partial charge in [0.25, 0.3) is 0 Å². The SMILES string of the molecule is CCCCCNC(=O)/C(C)=C/c1cccs1. The molecule has 1 amide bonds. The first-order valence-electron chi connectivity index (χ1n) is 5.74. The Bertz CT molecular complexity index is 341. The lowest BCUT2D eigenvalue weighted by Crippen LogP contribution is -2.24. The van der Waals surface area contributed by atoms with Gasteiger partial charge in [-0.25, -0.2) is 0 Å². The van der Waals surface area contributed by atoms with Crippen LogP contribution in [0.5, 0.6) is 0 Å². The molecule has 1 aromatic heterocycles. The van der Waals surface area contributed by atoms with Crippen LogP contribution in [0.3, 0.4) is 0 Å². The zero-order chi connectivity index (χ0) is 11.8. The molecule has 0 fully saturated rings. The van der Waals surface area contributed by atoms with Crippen molar-refractivity contribution in [1.82, 2.24) is 5.32 Å². The standard InChI is InChI=1S/C13H19NOS/c1-3-4-5-8-14-13(15)11(2)10-12-7-6-9-16-12/h6-7,9-10H,3-5,8H2,1-2H3,(H,14,15)/b11-10+. The molecule has 16 heavy (non-hydrogen) atoms. The Morgan fingerprint density at radius 1 is 1.50 bits per heavy atom. The van der Waals surface area contributed by atoms with E-state index in [1.165, 1.54) is 12.8 Å². The van der Waals surface area contributed by atoms with Crippen LogP contribution in [0.4, 0.5) is 0 Å². The maximum atomic E-state index is 11.7. The molecule has 1 rings (SSSR count). The van der Waals surface area contributed by atoms with E-state index in [1.807, 2.05) is 30.5 Å². The topological polar surface area (TPSA) is 29.1 Å². The third-order valence-corrected chi connectivity index (χ3v) is 3.15. The van der Waals surface area contributed by atoms with Gasteiger partial charge in [-0.3, -0.25) is 4.79 Å². The Labute approximate surface area is 101 Å². The molecule has 1 heterocycles. The van der Waals surface area contributed by atoms with Gasteiger partial charge in [-0.05, 0) is 30.9 Å². The van der Waals surface area contributed by atoms with Crippen molar-refractivity contribution in [1.29, 1.82) is 0 Å². The molecule has 0 aromatic carbocycles. The second kappa shape index (κ2) is 7.23. The van der Waals surface area contributed by atoms with Gasteiger partial charge in [0.1, 0.15) is 0 Å². The van der Waals surface area contributed by atoms with E-state index in [0.717, 1.165) is 23.4 Å². The molecule has 1 aromatic rings. The summed E-state index contributed by atoms with van der Waals surface area (Å²) in [5.41, 5.74) is 0.777. The number of unbranched alkanes of at least 4 members (excludes halogenated alkanes) is 2. The van der Waals surface area contributed by atoms with Crippen LogP contribution in [0, 0.1) is 0 Å². The van der Waals surface area contributed by atoms with Gasteiger partial charge in [0.05, 0.1) is 0 Å². The molecule has 0 atom stereocenters. The Morgan fingerprint density at radius 2 is 2.31 bits per heavy atom. The molecule has 0 saturated heterocycles. The highest BCUT2D eigenvalue weighted by Gasteiger charge is 2.03. The maximum absolute atomic E-state index is 11.7. The van der Waals surface area contributed by atoms with E-state index in [4.69, 9.17) is 0 Å². The van der Waals surface area contributed by atoms with Gasteiger partial charge in [0, 0.05) is 17.0 Å². The van der Waals surface area contributed by atoms with Crippen molar-refractivity contribution in [2.75, 3.05) is 6.54 Å². The van der Waals surface area contributed by atoms with Crippen LogP contribution in [0.2, 0.25) is 0 Å². The Balaban J connectivity index is 2.36. The average Bonchev–Trinajstić information content (AvgIpc) is 2.76. The minimum Gasteiger partial charge on any atom is -0.352 e. The lowest BCUT2D eigenvalue weighted by atomic mass is 10.2. The van der Waals surface area contributed by atoms with E-state index in [2.05, 4.69) is 12.2 Å². The molecular formula is C13H19NOS. The quantitative estimate of drug-likeness (QED) is 0.596. The van der Waals surface area contributed by atoms with E-state index in [9.17, 15) is 4.79 Å². The van der Waals surface area contributed by atoms with Crippen molar-refractivity contribution in [2.45, 2.75) is 33.1 Å². The molecule has 0 radical (unpaired) electrons. The molecule has 0 saturated carbocycles. The fraction of sp³-hybridized carbons (Fsp3) is 0.462. The minimum atomic E-state index is 0.0458. The largest absolute Gasteiger partial charge is 0.352 e. The van der Waals surface area contributed by atoms with Crippen molar-refractivity contribution >= 4 is 23.3 Å². The first kappa shape index (κ1) is 13.0. The van der Waals surface area contributed by atoms with Crippen molar-refractivity contribution < 1.29 is 4.79 Å². The molecule has 0 spiro atoms. The summed E-state index contributed by atoms with van der Waals surface area (Å²) >= 11 is 1.64. The second-order valence-corrected chi connectivity index (χ2v) is 4.79. The van der Waals surface area contributed by atoms with Crippen LogP contribution in [-0.4, -0.2) is 12.5 Å². The highest BCUT2D eigenvalue weighted by atomic mass is 32.1. The molecule has 3 heteroatoms. The van der Waals surface area contributed by atoms with Crippen molar-refractivity contribution in [3.63, 3.8) is 0 Å². The van der Waals surface area contributed by atoms with E-state index in [-0.39, 0.29) is 5.91 Å². The van der Waals surface area contributed by atoms with E-state index >= 15 is 0 Å². The summed E-state index contributed by atoms with van der Waals surface area (Å²) in [4.78, 5) is 12.8. The molecule has 1 N–H and O–H groups in total. The number of nitrogens with one attached hydrogen (secondary N) is 1. The van der Waals surface area contributed by atoms with Crippen LogP contribution in [0.1, 0.15) is 38.0 Å². The second-order valence-electron chi connectivity index (χ2n) is 3.81. The monoisotopic (exact) mass is 237 g/mol. The van der Waals surface area contributed by atoms with Crippen LogP contribution < -0.4 is 5.32 Å². The first-order valence-corrected chi connectivity index (χ1v) is 6.62. The molecule has 88 valence electrons. The number of carbonyl (C=O) groups is 1. The number of thiophene rings is 1. The number of carbonyl (C=O) groups excluding carboxylic acids is 1. The molecule has 2 nitrogen and oxygen atoms in total. The van der Waals surface area contributed by atoms with E-state index in [1.54, 1.807) is 11.3 Å². The fourth-order valence-electron chi connectivity index (χ4n) is 1.37. The highest BCUT2D eigenvalue weighted by molar-refractivity contribution is 7.10. The Morgan fingerprint density at radius 3 is 2.94 bits per heavy atom. The Hall–Kier alpha value is -1.09. The molecular weight excluding hydrogens is 218 g/mol.